The highest BCUT2D eigenvalue weighted by Crippen LogP contribution is 2.30. The highest BCUT2D eigenvalue weighted by molar-refractivity contribution is 5.89. The van der Waals surface area contributed by atoms with E-state index in [0.29, 0.717) is 23.1 Å². The van der Waals surface area contributed by atoms with E-state index in [1.54, 1.807) is 26.0 Å². The van der Waals surface area contributed by atoms with Crippen LogP contribution in [0.4, 0.5) is 0 Å². The Morgan fingerprint density at radius 2 is 1.93 bits per heavy atom. The van der Waals surface area contributed by atoms with Gasteiger partial charge < -0.3 is 14.3 Å². The average Bonchev–Trinajstić information content (AvgIpc) is 2.56. The molecular weight excluding hydrogens is 348 g/mol. The van der Waals surface area contributed by atoms with E-state index in [-0.39, 0.29) is 24.7 Å². The fraction of sp³-hybridized carbons (Fsp3) is 0.476. The molecule has 0 amide bonds. The Balaban J connectivity index is 2.29. The lowest BCUT2D eigenvalue weighted by Crippen LogP contribution is -2.25. The van der Waals surface area contributed by atoms with Crippen LogP contribution in [0.1, 0.15) is 44.7 Å². The first-order valence-electron chi connectivity index (χ1n) is 9.17. The lowest BCUT2D eigenvalue weighted by molar-refractivity contribution is -0.145. The third kappa shape index (κ3) is 5.18. The number of carbonyl (C=O) groups is 2. The molecule has 2 aromatic rings. The second-order valence-electron chi connectivity index (χ2n) is 7.20. The number of rotatable bonds is 9. The Hall–Kier alpha value is -2.63. The molecule has 1 heterocycles. The van der Waals surface area contributed by atoms with E-state index in [0.717, 1.165) is 17.5 Å². The Morgan fingerprint density at radius 1 is 1.22 bits per heavy atom. The van der Waals surface area contributed by atoms with Gasteiger partial charge in [0.2, 0.25) is 0 Å². The fourth-order valence-electron chi connectivity index (χ4n) is 3.12. The molecule has 0 aliphatic heterocycles. The molecule has 2 rings (SSSR count). The minimum atomic E-state index is -0.980. The maximum atomic E-state index is 12.3. The first-order valence-corrected chi connectivity index (χ1v) is 9.17. The molecule has 27 heavy (non-hydrogen) atoms. The predicted octanol–water partition coefficient (Wildman–Crippen LogP) is 3.75. The molecule has 1 aromatic carbocycles. The monoisotopic (exact) mass is 374 g/mol. The molecule has 6 nitrogen and oxygen atoms in total. The zero-order valence-corrected chi connectivity index (χ0v) is 16.2. The predicted molar refractivity (Wildman–Crippen MR) is 102 cm³/mol. The van der Waals surface area contributed by atoms with Crippen molar-refractivity contribution in [2.24, 2.45) is 11.8 Å². The Morgan fingerprint density at radius 3 is 2.52 bits per heavy atom. The quantitative estimate of drug-likeness (QED) is 0.672. The summed E-state index contributed by atoms with van der Waals surface area (Å²) in [4.78, 5) is 35.3. The van der Waals surface area contributed by atoms with Gasteiger partial charge >= 0.3 is 11.6 Å². The number of benzene rings is 1. The zero-order chi connectivity index (χ0) is 20.1. The summed E-state index contributed by atoms with van der Waals surface area (Å²) in [6.07, 6.45) is 1.46. The molecule has 1 aromatic heterocycles. The van der Waals surface area contributed by atoms with E-state index in [1.165, 1.54) is 6.07 Å². The topological polar surface area (TPSA) is 93.8 Å². The van der Waals surface area contributed by atoms with Crippen LogP contribution in [0.25, 0.3) is 11.0 Å². The largest absolute Gasteiger partial charge is 0.485 e. The number of carbonyl (C=O) groups excluding carboxylic acids is 1. The molecule has 1 N–H and O–H groups in total. The third-order valence-electron chi connectivity index (χ3n) is 4.51. The Kier molecular flexibility index (Phi) is 6.77. The molecule has 146 valence electrons. The normalized spacial score (nSPS) is 12.3. The van der Waals surface area contributed by atoms with Crippen LogP contribution in [0.15, 0.2) is 27.4 Å². The standard InChI is InChI=1S/C21H26O6/c1-5-6-14-9-19(23)27-18-8-13(4)7-17(20(14)18)26-11-15(22)10-16(12(2)3)21(24)25/h7-9,12,16H,5-6,10-11H2,1-4H3,(H,24,25)/t16-/m0/s1. The van der Waals surface area contributed by atoms with Crippen LogP contribution >= 0.6 is 0 Å². The number of hydrogen-bond acceptors (Lipinski definition) is 5. The number of Topliss-reactive ketones (excluding diaryl/α,β-unsaturated/α-hetero) is 1. The van der Waals surface area contributed by atoms with Crippen molar-refractivity contribution in [1.82, 2.24) is 0 Å². The van der Waals surface area contributed by atoms with Crippen LogP contribution in [0.3, 0.4) is 0 Å². The lowest BCUT2D eigenvalue weighted by atomic mass is 9.91. The first-order chi connectivity index (χ1) is 12.7. The molecule has 0 saturated heterocycles. The summed E-state index contributed by atoms with van der Waals surface area (Å²) in [6.45, 7) is 7.19. The van der Waals surface area contributed by atoms with E-state index in [2.05, 4.69) is 0 Å². The second kappa shape index (κ2) is 8.84. The van der Waals surface area contributed by atoms with Crippen LogP contribution in [0, 0.1) is 18.8 Å². The molecular formula is C21H26O6. The summed E-state index contributed by atoms with van der Waals surface area (Å²) in [7, 11) is 0. The van der Waals surface area contributed by atoms with Gasteiger partial charge in [-0.2, -0.15) is 0 Å². The third-order valence-corrected chi connectivity index (χ3v) is 4.51. The second-order valence-corrected chi connectivity index (χ2v) is 7.20. The number of ether oxygens (including phenoxy) is 1. The van der Waals surface area contributed by atoms with Gasteiger partial charge in [-0.05, 0) is 42.5 Å². The number of carboxylic acid groups (broad SMARTS) is 1. The molecule has 0 aliphatic carbocycles. The highest BCUT2D eigenvalue weighted by atomic mass is 16.5. The molecule has 0 saturated carbocycles. The minimum absolute atomic E-state index is 0.0757. The fourth-order valence-corrected chi connectivity index (χ4v) is 3.12. The minimum Gasteiger partial charge on any atom is -0.485 e. The van der Waals surface area contributed by atoms with E-state index in [1.807, 2.05) is 13.8 Å². The van der Waals surface area contributed by atoms with Gasteiger partial charge in [0, 0.05) is 12.5 Å². The van der Waals surface area contributed by atoms with Crippen molar-refractivity contribution in [1.29, 1.82) is 0 Å². The van der Waals surface area contributed by atoms with Crippen molar-refractivity contribution in [3.63, 3.8) is 0 Å². The molecule has 6 heteroatoms. The van der Waals surface area contributed by atoms with Gasteiger partial charge in [-0.25, -0.2) is 4.79 Å². The van der Waals surface area contributed by atoms with E-state index >= 15 is 0 Å². The lowest BCUT2D eigenvalue weighted by Gasteiger charge is -2.16. The van der Waals surface area contributed by atoms with Gasteiger partial charge in [0.25, 0.3) is 0 Å². The van der Waals surface area contributed by atoms with Crippen LogP contribution in [0.2, 0.25) is 0 Å². The number of fused-ring (bicyclic) bond motifs is 1. The number of carboxylic acids is 1. The summed E-state index contributed by atoms with van der Waals surface area (Å²) in [5, 5.41) is 9.93. The number of ketones is 1. The van der Waals surface area contributed by atoms with Gasteiger partial charge in [-0.15, -0.1) is 0 Å². The van der Waals surface area contributed by atoms with Crippen LogP contribution in [-0.4, -0.2) is 23.5 Å². The highest BCUT2D eigenvalue weighted by Gasteiger charge is 2.25. The van der Waals surface area contributed by atoms with Gasteiger partial charge in [-0.1, -0.05) is 27.2 Å². The van der Waals surface area contributed by atoms with Crippen molar-refractivity contribution >= 4 is 22.7 Å². The van der Waals surface area contributed by atoms with E-state index < -0.39 is 17.5 Å². The van der Waals surface area contributed by atoms with E-state index in [4.69, 9.17) is 9.15 Å². The van der Waals surface area contributed by atoms with Crippen molar-refractivity contribution in [3.8, 4) is 5.75 Å². The number of hydrogen-bond donors (Lipinski definition) is 1. The zero-order valence-electron chi connectivity index (χ0n) is 16.2. The Labute approximate surface area is 158 Å². The summed E-state index contributed by atoms with van der Waals surface area (Å²) in [5.41, 5.74) is 1.67. The average molecular weight is 374 g/mol. The van der Waals surface area contributed by atoms with Crippen molar-refractivity contribution in [2.45, 2.75) is 47.0 Å². The summed E-state index contributed by atoms with van der Waals surface area (Å²) in [6, 6.07) is 5.02. The molecule has 0 fully saturated rings. The molecule has 0 aliphatic rings. The molecule has 0 spiro atoms. The summed E-state index contributed by atoms with van der Waals surface area (Å²) >= 11 is 0. The number of aryl methyl sites for hydroxylation is 2. The van der Waals surface area contributed by atoms with Crippen molar-refractivity contribution < 1.29 is 23.8 Å². The SMILES string of the molecule is CCCc1cc(=O)oc2cc(C)cc(OCC(=O)C[C@H](C(=O)O)C(C)C)c12. The molecule has 0 bridgehead atoms. The van der Waals surface area contributed by atoms with Crippen molar-refractivity contribution in [3.05, 3.63) is 39.7 Å². The smallest absolute Gasteiger partial charge is 0.336 e. The van der Waals surface area contributed by atoms with Crippen LogP contribution in [0.5, 0.6) is 5.75 Å². The Bertz CT molecular complexity index is 893. The van der Waals surface area contributed by atoms with Gasteiger partial charge in [0.15, 0.2) is 5.78 Å². The molecule has 1 atom stereocenters. The first kappa shape index (κ1) is 20.7. The summed E-state index contributed by atoms with van der Waals surface area (Å²) in [5.74, 6) is -1.66. The van der Waals surface area contributed by atoms with Gasteiger partial charge in [0.1, 0.15) is 17.9 Å². The summed E-state index contributed by atoms with van der Waals surface area (Å²) < 4.78 is 11.1. The number of aliphatic carboxylic acids is 1. The van der Waals surface area contributed by atoms with E-state index in [9.17, 15) is 19.5 Å². The van der Waals surface area contributed by atoms with Crippen LogP contribution in [-0.2, 0) is 16.0 Å². The van der Waals surface area contributed by atoms with Crippen LogP contribution < -0.4 is 10.4 Å². The molecule has 0 unspecified atom stereocenters. The van der Waals surface area contributed by atoms with Gasteiger partial charge in [-0.3, -0.25) is 9.59 Å². The molecule has 0 radical (unpaired) electrons. The van der Waals surface area contributed by atoms with Crippen molar-refractivity contribution in [2.75, 3.05) is 6.61 Å². The van der Waals surface area contributed by atoms with Gasteiger partial charge in [0.05, 0.1) is 11.3 Å². The maximum Gasteiger partial charge on any atom is 0.336 e. The maximum absolute atomic E-state index is 12.3.